The molecule has 3 heteroatoms. The van der Waals surface area contributed by atoms with Gasteiger partial charge >= 0.3 is 0 Å². The van der Waals surface area contributed by atoms with Gasteiger partial charge < -0.3 is 5.32 Å². The minimum Gasteiger partial charge on any atom is -0.304 e. The van der Waals surface area contributed by atoms with Crippen LogP contribution in [0.1, 0.15) is 11.8 Å². The molecule has 1 nitrogen and oxygen atoms in total. The Balaban J connectivity index is 2.25. The van der Waals surface area contributed by atoms with E-state index in [-0.39, 0.29) is 6.04 Å². The highest BCUT2D eigenvalue weighted by Gasteiger charge is 1.98. The molecule has 1 heterocycles. The number of hydrogen-bond donors (Lipinski definition) is 1. The third kappa shape index (κ3) is 3.95. The number of terminal acetylenes is 1. The second-order valence-corrected chi connectivity index (χ2v) is 5.35. The average molecular weight is 258 g/mol. The van der Waals surface area contributed by atoms with Crippen molar-refractivity contribution in [3.8, 4) is 12.3 Å². The molecule has 70 valence electrons. The summed E-state index contributed by atoms with van der Waals surface area (Å²) in [6.07, 6.45) is 6.28. The van der Waals surface area contributed by atoms with Gasteiger partial charge in [-0.1, -0.05) is 5.92 Å². The van der Waals surface area contributed by atoms with E-state index in [0.29, 0.717) is 0 Å². The molecule has 0 spiro atoms. The lowest BCUT2D eigenvalue weighted by atomic mass is 10.3. The summed E-state index contributed by atoms with van der Waals surface area (Å²) < 4.78 is 1.19. The first-order valence-corrected chi connectivity index (χ1v) is 5.77. The fourth-order valence-corrected chi connectivity index (χ4v) is 2.44. The molecule has 0 aliphatic carbocycles. The SMILES string of the molecule is C#CC(C)NCCc1ccc(Br)s1. The van der Waals surface area contributed by atoms with Crippen LogP contribution >= 0.6 is 27.3 Å². The standard InChI is InChI=1S/C10H12BrNS/c1-3-8(2)12-7-6-9-4-5-10(11)13-9/h1,4-5,8,12H,6-7H2,2H3. The molecule has 0 amide bonds. The van der Waals surface area contributed by atoms with E-state index in [1.165, 1.54) is 8.66 Å². The second-order valence-electron chi connectivity index (χ2n) is 2.80. The van der Waals surface area contributed by atoms with Gasteiger partial charge in [0.05, 0.1) is 9.83 Å². The predicted molar refractivity (Wildman–Crippen MR) is 62.0 cm³/mol. The second kappa shape index (κ2) is 5.43. The third-order valence-corrected chi connectivity index (χ3v) is 3.38. The number of nitrogens with one attached hydrogen (secondary N) is 1. The van der Waals surface area contributed by atoms with Gasteiger partial charge in [-0.15, -0.1) is 17.8 Å². The highest BCUT2D eigenvalue weighted by molar-refractivity contribution is 9.11. The third-order valence-electron chi connectivity index (χ3n) is 1.70. The van der Waals surface area contributed by atoms with E-state index in [2.05, 4.69) is 39.3 Å². The van der Waals surface area contributed by atoms with Gasteiger partial charge in [0.1, 0.15) is 0 Å². The maximum atomic E-state index is 5.24. The summed E-state index contributed by atoms with van der Waals surface area (Å²) in [4.78, 5) is 1.38. The summed E-state index contributed by atoms with van der Waals surface area (Å²) in [5.41, 5.74) is 0. The molecule has 1 atom stereocenters. The van der Waals surface area contributed by atoms with Crippen LogP contribution in [0.25, 0.3) is 0 Å². The van der Waals surface area contributed by atoms with Crippen LogP contribution in [0.15, 0.2) is 15.9 Å². The van der Waals surface area contributed by atoms with E-state index in [0.717, 1.165) is 13.0 Å². The normalized spacial score (nSPS) is 12.4. The molecular formula is C10H12BrNS. The lowest BCUT2D eigenvalue weighted by molar-refractivity contribution is 0.649. The first-order valence-electron chi connectivity index (χ1n) is 4.16. The largest absolute Gasteiger partial charge is 0.304 e. The van der Waals surface area contributed by atoms with Gasteiger partial charge in [0.15, 0.2) is 0 Å². The van der Waals surface area contributed by atoms with Crippen LogP contribution in [-0.4, -0.2) is 12.6 Å². The zero-order valence-electron chi connectivity index (χ0n) is 7.51. The molecule has 0 saturated heterocycles. The number of rotatable bonds is 4. The molecule has 1 aromatic rings. The Bertz CT molecular complexity index is 300. The zero-order valence-corrected chi connectivity index (χ0v) is 9.91. The first-order chi connectivity index (χ1) is 6.22. The van der Waals surface area contributed by atoms with Gasteiger partial charge in [-0.05, 0) is 41.4 Å². The van der Waals surface area contributed by atoms with Crippen LogP contribution in [0, 0.1) is 12.3 Å². The van der Waals surface area contributed by atoms with Crippen molar-refractivity contribution in [3.63, 3.8) is 0 Å². The van der Waals surface area contributed by atoms with Crippen LogP contribution in [0.4, 0.5) is 0 Å². The van der Waals surface area contributed by atoms with Crippen LogP contribution < -0.4 is 5.32 Å². The summed E-state index contributed by atoms with van der Waals surface area (Å²) >= 11 is 5.20. The number of thiophene rings is 1. The van der Waals surface area contributed by atoms with E-state index in [9.17, 15) is 0 Å². The molecule has 0 radical (unpaired) electrons. The van der Waals surface area contributed by atoms with E-state index in [4.69, 9.17) is 6.42 Å². The zero-order chi connectivity index (χ0) is 9.68. The van der Waals surface area contributed by atoms with Gasteiger partial charge in [-0.25, -0.2) is 0 Å². The summed E-state index contributed by atoms with van der Waals surface area (Å²) in [5, 5.41) is 3.25. The fraction of sp³-hybridized carbons (Fsp3) is 0.400. The summed E-state index contributed by atoms with van der Waals surface area (Å²) in [6.45, 7) is 2.93. The topological polar surface area (TPSA) is 12.0 Å². The summed E-state index contributed by atoms with van der Waals surface area (Å²) in [5.74, 6) is 2.64. The summed E-state index contributed by atoms with van der Waals surface area (Å²) in [6, 6.07) is 4.38. The van der Waals surface area contributed by atoms with Gasteiger partial charge in [-0.3, -0.25) is 0 Å². The Kier molecular flexibility index (Phi) is 4.51. The lowest BCUT2D eigenvalue weighted by Crippen LogP contribution is -2.26. The van der Waals surface area contributed by atoms with Crippen molar-refractivity contribution in [2.75, 3.05) is 6.54 Å². The summed E-state index contributed by atoms with van der Waals surface area (Å²) in [7, 11) is 0. The van der Waals surface area contributed by atoms with E-state index >= 15 is 0 Å². The molecule has 1 rings (SSSR count). The minimum atomic E-state index is 0.170. The molecule has 0 bridgehead atoms. The van der Waals surface area contributed by atoms with Crippen LogP contribution in [0.2, 0.25) is 0 Å². The molecule has 1 unspecified atom stereocenters. The van der Waals surface area contributed by atoms with E-state index in [1.807, 2.05) is 6.92 Å². The van der Waals surface area contributed by atoms with Crippen LogP contribution in [0.3, 0.4) is 0 Å². The van der Waals surface area contributed by atoms with Crippen molar-refractivity contribution < 1.29 is 0 Å². The smallest absolute Gasteiger partial charge is 0.0701 e. The van der Waals surface area contributed by atoms with Gasteiger partial charge in [-0.2, -0.15) is 0 Å². The van der Waals surface area contributed by atoms with Gasteiger partial charge in [0.2, 0.25) is 0 Å². The highest BCUT2D eigenvalue weighted by Crippen LogP contribution is 2.21. The predicted octanol–water partition coefficient (Wildman–Crippen LogP) is 2.66. The lowest BCUT2D eigenvalue weighted by Gasteiger charge is -2.05. The molecule has 1 aromatic heterocycles. The minimum absolute atomic E-state index is 0.170. The van der Waals surface area contributed by atoms with Crippen molar-refractivity contribution in [2.45, 2.75) is 19.4 Å². The Hall–Kier alpha value is -0.300. The van der Waals surface area contributed by atoms with Crippen molar-refractivity contribution >= 4 is 27.3 Å². The van der Waals surface area contributed by atoms with E-state index < -0.39 is 0 Å². The molecule has 0 aliphatic heterocycles. The highest BCUT2D eigenvalue weighted by atomic mass is 79.9. The maximum Gasteiger partial charge on any atom is 0.0701 e. The molecule has 0 fully saturated rings. The molecule has 1 N–H and O–H groups in total. The van der Waals surface area contributed by atoms with Crippen LogP contribution in [-0.2, 0) is 6.42 Å². The Morgan fingerprint density at radius 3 is 3.00 bits per heavy atom. The quantitative estimate of drug-likeness (QED) is 0.819. The molecule has 0 aromatic carbocycles. The molecule has 0 saturated carbocycles. The Labute approximate surface area is 91.7 Å². The number of halogens is 1. The maximum absolute atomic E-state index is 5.24. The first kappa shape index (κ1) is 10.8. The fourth-order valence-electron chi connectivity index (χ4n) is 0.957. The van der Waals surface area contributed by atoms with Crippen LogP contribution in [0.5, 0.6) is 0 Å². The molecule has 13 heavy (non-hydrogen) atoms. The van der Waals surface area contributed by atoms with Crippen molar-refractivity contribution in [1.82, 2.24) is 5.32 Å². The molecular weight excluding hydrogens is 246 g/mol. The van der Waals surface area contributed by atoms with E-state index in [1.54, 1.807) is 11.3 Å². The van der Waals surface area contributed by atoms with Crippen molar-refractivity contribution in [1.29, 1.82) is 0 Å². The Morgan fingerprint density at radius 2 is 2.46 bits per heavy atom. The number of hydrogen-bond acceptors (Lipinski definition) is 2. The molecule has 0 aliphatic rings. The van der Waals surface area contributed by atoms with Gasteiger partial charge in [0.25, 0.3) is 0 Å². The average Bonchev–Trinajstić information content (AvgIpc) is 2.51. The Morgan fingerprint density at radius 1 is 1.69 bits per heavy atom. The van der Waals surface area contributed by atoms with Crippen molar-refractivity contribution in [2.24, 2.45) is 0 Å². The van der Waals surface area contributed by atoms with Crippen molar-refractivity contribution in [3.05, 3.63) is 20.8 Å². The monoisotopic (exact) mass is 257 g/mol. The van der Waals surface area contributed by atoms with Gasteiger partial charge in [0, 0.05) is 11.4 Å².